The van der Waals surface area contributed by atoms with Gasteiger partial charge in [-0.3, -0.25) is 0 Å². The van der Waals surface area contributed by atoms with Crippen LogP contribution >= 0.6 is 0 Å². The first-order valence-corrected chi connectivity index (χ1v) is 12.7. The van der Waals surface area contributed by atoms with Gasteiger partial charge in [-0.2, -0.15) is 0 Å². The van der Waals surface area contributed by atoms with Crippen LogP contribution in [-0.4, -0.2) is 56.3 Å². The van der Waals surface area contributed by atoms with E-state index in [2.05, 4.69) is 20.2 Å². The third-order valence-corrected chi connectivity index (χ3v) is 7.14. The highest BCUT2D eigenvalue weighted by molar-refractivity contribution is 5.67. The first-order chi connectivity index (χ1) is 18.4. The number of aromatic nitrogens is 2. The molecule has 0 amide bonds. The molecule has 38 heavy (non-hydrogen) atoms. The molecule has 2 aliphatic heterocycles. The molecule has 0 atom stereocenters. The molecular formula is C28H32F2N4O4. The van der Waals surface area contributed by atoms with Crippen LogP contribution in [0.25, 0.3) is 0 Å². The van der Waals surface area contributed by atoms with E-state index in [-0.39, 0.29) is 17.7 Å². The second-order valence-corrected chi connectivity index (χ2v) is 9.52. The van der Waals surface area contributed by atoms with Crippen molar-refractivity contribution < 1.29 is 27.7 Å². The summed E-state index contributed by atoms with van der Waals surface area (Å²) >= 11 is 0. The maximum absolute atomic E-state index is 14.6. The van der Waals surface area contributed by atoms with Crippen LogP contribution in [0.2, 0.25) is 0 Å². The predicted molar refractivity (Wildman–Crippen MR) is 139 cm³/mol. The molecule has 0 aliphatic carbocycles. The highest BCUT2D eigenvalue weighted by Crippen LogP contribution is 2.38. The summed E-state index contributed by atoms with van der Waals surface area (Å²) in [6.07, 6.45) is 5.48. The maximum Gasteiger partial charge on any atom is 0.227 e. The van der Waals surface area contributed by atoms with Crippen LogP contribution in [0.15, 0.2) is 36.7 Å². The van der Waals surface area contributed by atoms with E-state index >= 15 is 0 Å². The molecule has 8 nitrogen and oxygen atoms in total. The summed E-state index contributed by atoms with van der Waals surface area (Å²) < 4.78 is 51.5. The highest BCUT2D eigenvalue weighted by atomic mass is 19.1. The first-order valence-electron chi connectivity index (χ1n) is 12.7. The molecule has 2 fully saturated rings. The van der Waals surface area contributed by atoms with Gasteiger partial charge in [-0.25, -0.2) is 18.7 Å². The van der Waals surface area contributed by atoms with E-state index in [0.29, 0.717) is 31.1 Å². The molecule has 0 radical (unpaired) electrons. The minimum atomic E-state index is -0.670. The lowest BCUT2D eigenvalue weighted by Gasteiger charge is -2.39. The number of rotatable bonds is 8. The molecule has 3 aromatic rings. The lowest BCUT2D eigenvalue weighted by molar-refractivity contribution is -0.169. The van der Waals surface area contributed by atoms with Crippen LogP contribution in [0.4, 0.5) is 26.1 Å². The molecule has 0 bridgehead atoms. The van der Waals surface area contributed by atoms with Crippen LogP contribution in [0.1, 0.15) is 29.5 Å². The van der Waals surface area contributed by atoms with Crippen LogP contribution < -0.4 is 19.7 Å². The van der Waals surface area contributed by atoms with Crippen LogP contribution in [0, 0.1) is 18.6 Å². The summed E-state index contributed by atoms with van der Waals surface area (Å²) in [7, 11) is 3.02. The molecule has 202 valence electrons. The maximum atomic E-state index is 14.6. The minimum Gasteiger partial charge on any atom is -0.495 e. The Morgan fingerprint density at radius 2 is 1.63 bits per heavy atom. The smallest absolute Gasteiger partial charge is 0.227 e. The van der Waals surface area contributed by atoms with Crippen molar-refractivity contribution in [1.29, 1.82) is 0 Å². The second-order valence-electron chi connectivity index (χ2n) is 9.52. The molecule has 2 saturated heterocycles. The number of nitrogens with one attached hydrogen (secondary N) is 1. The van der Waals surface area contributed by atoms with Crippen LogP contribution in [-0.2, 0) is 22.3 Å². The summed E-state index contributed by atoms with van der Waals surface area (Å²) in [5, 5.41) is 3.19. The molecule has 3 heterocycles. The highest BCUT2D eigenvalue weighted by Gasteiger charge is 2.40. The molecule has 1 spiro atoms. The normalized spacial score (nSPS) is 16.6. The molecule has 0 saturated carbocycles. The zero-order valence-electron chi connectivity index (χ0n) is 21.9. The van der Waals surface area contributed by atoms with E-state index in [9.17, 15) is 8.78 Å². The average Bonchev–Trinajstić information content (AvgIpc) is 3.40. The van der Waals surface area contributed by atoms with Gasteiger partial charge in [-0.05, 0) is 49.1 Å². The Balaban J connectivity index is 1.22. The summed E-state index contributed by atoms with van der Waals surface area (Å²) in [5.41, 5.74) is 2.90. The zero-order chi connectivity index (χ0) is 26.7. The van der Waals surface area contributed by atoms with Crippen molar-refractivity contribution >= 4 is 17.3 Å². The Morgan fingerprint density at radius 1 is 0.947 bits per heavy atom. The third-order valence-electron chi connectivity index (χ3n) is 7.14. The Morgan fingerprint density at radius 3 is 2.29 bits per heavy atom. The molecule has 1 N–H and O–H groups in total. The molecule has 2 aromatic carbocycles. The summed E-state index contributed by atoms with van der Waals surface area (Å²) in [4.78, 5) is 11.0. The number of aryl methyl sites for hydroxylation is 2. The number of hydrogen-bond donors (Lipinski definition) is 1. The Labute approximate surface area is 220 Å². The molecule has 2 aliphatic rings. The van der Waals surface area contributed by atoms with Gasteiger partial charge in [0.2, 0.25) is 5.95 Å². The van der Waals surface area contributed by atoms with Crippen molar-refractivity contribution in [3.8, 4) is 11.5 Å². The number of nitrogens with zero attached hydrogens (tertiary/aromatic N) is 3. The number of methoxy groups -OCH3 is 2. The number of hydrogen-bond acceptors (Lipinski definition) is 8. The molecular weight excluding hydrogens is 494 g/mol. The number of anilines is 3. The number of piperidine rings is 1. The monoisotopic (exact) mass is 526 g/mol. The third kappa shape index (κ3) is 5.37. The van der Waals surface area contributed by atoms with Crippen LogP contribution in [0.3, 0.4) is 0 Å². The van der Waals surface area contributed by atoms with E-state index in [1.165, 1.54) is 13.2 Å². The van der Waals surface area contributed by atoms with Gasteiger partial charge < -0.3 is 29.2 Å². The quantitative estimate of drug-likeness (QED) is 0.442. The first kappa shape index (κ1) is 26.1. The largest absolute Gasteiger partial charge is 0.495 e. The van der Waals surface area contributed by atoms with Crippen LogP contribution in [0.5, 0.6) is 11.5 Å². The number of benzene rings is 2. The second kappa shape index (κ2) is 11.1. The minimum absolute atomic E-state index is 0.00315. The fourth-order valence-corrected chi connectivity index (χ4v) is 5.01. The Hall–Kier alpha value is -3.50. The SMILES string of the molecule is COc1cc(Nc2ncc(CCc3c(F)c(C)cc(OC)c3F)cn2)ccc1N1CCC2(CC1)OCCO2. The van der Waals surface area contributed by atoms with E-state index in [4.69, 9.17) is 18.9 Å². The fourth-order valence-electron chi connectivity index (χ4n) is 5.01. The van der Waals surface area contributed by atoms with Gasteiger partial charge >= 0.3 is 0 Å². The van der Waals surface area contributed by atoms with Gasteiger partial charge in [0.1, 0.15) is 11.6 Å². The molecule has 5 rings (SSSR count). The Kier molecular flexibility index (Phi) is 7.62. The van der Waals surface area contributed by atoms with Crippen molar-refractivity contribution in [3.63, 3.8) is 0 Å². The fraction of sp³-hybridized carbons (Fsp3) is 0.429. The van der Waals surface area contributed by atoms with E-state index in [1.807, 2.05) is 18.2 Å². The molecule has 0 unspecified atom stereocenters. The van der Waals surface area contributed by atoms with E-state index < -0.39 is 17.4 Å². The molecule has 10 heteroatoms. The summed E-state index contributed by atoms with van der Waals surface area (Å²) in [6.45, 7) is 4.54. The van der Waals surface area contributed by atoms with Gasteiger partial charge in [0, 0.05) is 55.6 Å². The molecule has 1 aromatic heterocycles. The number of ether oxygens (including phenoxy) is 4. The summed E-state index contributed by atoms with van der Waals surface area (Å²) in [6, 6.07) is 7.25. The average molecular weight is 527 g/mol. The van der Waals surface area contributed by atoms with Gasteiger partial charge in [0.15, 0.2) is 17.4 Å². The van der Waals surface area contributed by atoms with E-state index in [1.54, 1.807) is 26.4 Å². The van der Waals surface area contributed by atoms with Gasteiger partial charge in [0.25, 0.3) is 0 Å². The summed E-state index contributed by atoms with van der Waals surface area (Å²) in [5.74, 6) is -0.455. The zero-order valence-corrected chi connectivity index (χ0v) is 21.9. The van der Waals surface area contributed by atoms with Gasteiger partial charge in [0.05, 0.1) is 33.1 Å². The van der Waals surface area contributed by atoms with Gasteiger partial charge in [-0.15, -0.1) is 0 Å². The van der Waals surface area contributed by atoms with Crippen molar-refractivity contribution in [1.82, 2.24) is 9.97 Å². The standard InChI is InChI=1S/C28H32F2N4O4/c1-18-14-24(36-3)26(30)21(25(18)29)6-4-19-16-31-27(32-17-19)33-20-5-7-22(23(15-20)35-2)34-10-8-28(9-11-34)37-12-13-38-28/h5,7,14-17H,4,6,8-13H2,1-3H3,(H,31,32,33). The lowest BCUT2D eigenvalue weighted by Crippen LogP contribution is -2.45. The topological polar surface area (TPSA) is 78.0 Å². The number of halogens is 2. The predicted octanol–water partition coefficient (Wildman–Crippen LogP) is 4.95. The Bertz CT molecular complexity index is 1270. The van der Waals surface area contributed by atoms with Crippen molar-refractivity contribution in [3.05, 3.63) is 65.0 Å². The lowest BCUT2D eigenvalue weighted by atomic mass is 10.0. The van der Waals surface area contributed by atoms with Gasteiger partial charge in [-0.1, -0.05) is 0 Å². The van der Waals surface area contributed by atoms with Crippen molar-refractivity contribution in [2.75, 3.05) is 50.7 Å². The van der Waals surface area contributed by atoms with Crippen molar-refractivity contribution in [2.45, 2.75) is 38.4 Å². The van der Waals surface area contributed by atoms with E-state index in [0.717, 1.165) is 48.6 Å². The van der Waals surface area contributed by atoms with Crippen molar-refractivity contribution in [2.24, 2.45) is 0 Å².